The number of nitrogens with one attached hydrogen (secondary N) is 1. The summed E-state index contributed by atoms with van der Waals surface area (Å²) in [7, 11) is 0. The zero-order chi connectivity index (χ0) is 13.5. The molecule has 0 saturated heterocycles. The summed E-state index contributed by atoms with van der Waals surface area (Å²) in [6.45, 7) is -0.702. The topological polar surface area (TPSA) is 91.7 Å². The van der Waals surface area contributed by atoms with E-state index in [0.717, 1.165) is 0 Å². The third kappa shape index (κ3) is 4.06. The number of nitrogens with two attached hydrogens (primary N) is 1. The van der Waals surface area contributed by atoms with Crippen molar-refractivity contribution in [3.05, 3.63) is 23.7 Å². The Morgan fingerprint density at radius 3 is 2.89 bits per heavy atom. The second-order valence-corrected chi connectivity index (χ2v) is 3.58. The summed E-state index contributed by atoms with van der Waals surface area (Å²) in [5.74, 6) is 4.66. The number of carbonyl (C=O) groups is 1. The molecular weight excluding hydrogens is 248 g/mol. The molecule has 0 saturated carbocycles. The molecule has 0 spiro atoms. The van der Waals surface area contributed by atoms with E-state index >= 15 is 0 Å². The van der Waals surface area contributed by atoms with Crippen LogP contribution in [0, 0.1) is 0 Å². The molecule has 0 atom stereocenters. The number of hydrogen-bond acceptors (Lipinski definition) is 5. The third-order valence-corrected chi connectivity index (χ3v) is 2.30. The number of carbonyl (C=O) groups excluding carboxylic acids is 1. The van der Waals surface area contributed by atoms with Gasteiger partial charge in [0.05, 0.1) is 31.5 Å². The number of hydrazine groups is 1. The Bertz CT molecular complexity index is 384. The fraction of sp³-hybridized carbons (Fsp3) is 0.500. The predicted molar refractivity (Wildman–Crippen MR) is 58.7 cm³/mol. The summed E-state index contributed by atoms with van der Waals surface area (Å²) in [5.41, 5.74) is 2.13. The highest BCUT2D eigenvalue weighted by Gasteiger charge is 2.18. The van der Waals surface area contributed by atoms with Crippen LogP contribution in [-0.4, -0.2) is 42.0 Å². The maximum absolute atomic E-state index is 12.3. The Labute approximate surface area is 102 Å². The van der Waals surface area contributed by atoms with Gasteiger partial charge in [0.1, 0.15) is 5.76 Å². The van der Waals surface area contributed by atoms with Crippen molar-refractivity contribution in [2.24, 2.45) is 5.84 Å². The Kier molecular flexibility index (Phi) is 5.69. The quantitative estimate of drug-likeness (QED) is 0.364. The van der Waals surface area contributed by atoms with E-state index in [9.17, 15) is 13.6 Å². The molecule has 18 heavy (non-hydrogen) atoms. The number of nitrogen functional groups attached to an aromatic ring is 1. The van der Waals surface area contributed by atoms with Crippen molar-refractivity contribution in [1.82, 2.24) is 10.3 Å². The number of furan rings is 1. The van der Waals surface area contributed by atoms with Crippen molar-refractivity contribution in [3.8, 4) is 0 Å². The number of rotatable bonds is 7. The molecule has 0 radical (unpaired) electrons. The minimum absolute atomic E-state index is 0.000648. The summed E-state index contributed by atoms with van der Waals surface area (Å²) in [6, 6.07) is 1.40. The number of alkyl halides is 2. The first kappa shape index (κ1) is 14.6. The maximum atomic E-state index is 12.3. The molecule has 0 aromatic carbocycles. The fourth-order valence-corrected chi connectivity index (χ4v) is 1.52. The predicted octanol–water partition coefficient (Wildman–Crippen LogP) is -0.0575. The number of aliphatic hydroxyl groups excluding tert-OH is 1. The van der Waals surface area contributed by atoms with Gasteiger partial charge in [-0.2, -0.15) is 0 Å². The van der Waals surface area contributed by atoms with Crippen LogP contribution in [-0.2, 0) is 6.54 Å². The molecule has 0 aliphatic rings. The van der Waals surface area contributed by atoms with Crippen LogP contribution in [0.4, 0.5) is 8.78 Å². The normalized spacial score (nSPS) is 11.2. The summed E-state index contributed by atoms with van der Waals surface area (Å²) in [6.07, 6.45) is -1.25. The number of aliphatic hydroxyl groups is 1. The van der Waals surface area contributed by atoms with E-state index in [1.807, 2.05) is 5.43 Å². The number of nitrogens with zero attached hydrogens (tertiary/aromatic N) is 1. The van der Waals surface area contributed by atoms with E-state index in [2.05, 4.69) is 0 Å². The first-order chi connectivity index (χ1) is 8.58. The van der Waals surface area contributed by atoms with Crippen molar-refractivity contribution >= 4 is 5.91 Å². The van der Waals surface area contributed by atoms with Gasteiger partial charge in [0.25, 0.3) is 12.3 Å². The standard InChI is InChI=1S/C10H15F2N3O3/c11-9(12)6-15(2-3-16)5-8-7(1-4-18-8)10(17)14-13/h1,4,9,16H,2-3,5-6,13H2,(H,14,17). The van der Waals surface area contributed by atoms with Crippen molar-refractivity contribution in [1.29, 1.82) is 0 Å². The molecular formula is C10H15F2N3O3. The molecule has 0 unspecified atom stereocenters. The molecule has 102 valence electrons. The van der Waals surface area contributed by atoms with Crippen LogP contribution in [0.15, 0.2) is 16.7 Å². The Morgan fingerprint density at radius 2 is 2.33 bits per heavy atom. The first-order valence-corrected chi connectivity index (χ1v) is 5.27. The second kappa shape index (κ2) is 7.04. The molecule has 8 heteroatoms. The first-order valence-electron chi connectivity index (χ1n) is 5.27. The van der Waals surface area contributed by atoms with Gasteiger partial charge in [0, 0.05) is 6.54 Å². The Morgan fingerprint density at radius 1 is 1.61 bits per heavy atom. The lowest BCUT2D eigenvalue weighted by molar-refractivity contribution is 0.0709. The van der Waals surface area contributed by atoms with Crippen LogP contribution in [0.2, 0.25) is 0 Å². The van der Waals surface area contributed by atoms with Crippen LogP contribution in [0.5, 0.6) is 0 Å². The van der Waals surface area contributed by atoms with Crippen molar-refractivity contribution in [3.63, 3.8) is 0 Å². The highest BCUT2D eigenvalue weighted by atomic mass is 19.3. The molecule has 0 fully saturated rings. The average Bonchev–Trinajstić information content (AvgIpc) is 2.75. The largest absolute Gasteiger partial charge is 0.467 e. The average molecular weight is 263 g/mol. The summed E-state index contributed by atoms with van der Waals surface area (Å²) in [4.78, 5) is 12.6. The number of halogens is 2. The molecule has 1 amide bonds. The van der Waals surface area contributed by atoms with Gasteiger partial charge in [-0.15, -0.1) is 0 Å². The van der Waals surface area contributed by atoms with Crippen LogP contribution in [0.1, 0.15) is 16.1 Å². The van der Waals surface area contributed by atoms with Crippen LogP contribution in [0.25, 0.3) is 0 Å². The summed E-state index contributed by atoms with van der Waals surface area (Å²) in [5, 5.41) is 8.79. The van der Waals surface area contributed by atoms with Gasteiger partial charge < -0.3 is 9.52 Å². The fourth-order valence-electron chi connectivity index (χ4n) is 1.52. The number of amides is 1. The van der Waals surface area contributed by atoms with Crippen molar-refractivity contribution in [2.45, 2.75) is 13.0 Å². The maximum Gasteiger partial charge on any atom is 0.268 e. The monoisotopic (exact) mass is 263 g/mol. The Balaban J connectivity index is 2.74. The van der Waals surface area contributed by atoms with E-state index in [1.54, 1.807) is 0 Å². The number of hydrogen-bond donors (Lipinski definition) is 3. The smallest absolute Gasteiger partial charge is 0.268 e. The third-order valence-electron chi connectivity index (χ3n) is 2.30. The minimum atomic E-state index is -2.53. The lowest BCUT2D eigenvalue weighted by Gasteiger charge is -2.19. The molecule has 1 heterocycles. The van der Waals surface area contributed by atoms with Crippen LogP contribution >= 0.6 is 0 Å². The van der Waals surface area contributed by atoms with E-state index in [1.165, 1.54) is 17.2 Å². The molecule has 6 nitrogen and oxygen atoms in total. The zero-order valence-electron chi connectivity index (χ0n) is 9.60. The molecule has 1 rings (SSSR count). The molecule has 0 aliphatic heterocycles. The highest BCUT2D eigenvalue weighted by Crippen LogP contribution is 2.14. The van der Waals surface area contributed by atoms with Gasteiger partial charge in [0.15, 0.2) is 0 Å². The van der Waals surface area contributed by atoms with Gasteiger partial charge in [-0.1, -0.05) is 0 Å². The molecule has 0 bridgehead atoms. The van der Waals surface area contributed by atoms with Crippen LogP contribution < -0.4 is 11.3 Å². The van der Waals surface area contributed by atoms with E-state index in [4.69, 9.17) is 15.4 Å². The molecule has 1 aromatic heterocycles. The molecule has 0 aliphatic carbocycles. The second-order valence-electron chi connectivity index (χ2n) is 3.58. The summed E-state index contributed by atoms with van der Waals surface area (Å²) < 4.78 is 29.7. The van der Waals surface area contributed by atoms with E-state index in [-0.39, 0.29) is 31.0 Å². The highest BCUT2D eigenvalue weighted by molar-refractivity contribution is 5.94. The molecule has 1 aromatic rings. The van der Waals surface area contributed by atoms with Gasteiger partial charge in [-0.25, -0.2) is 14.6 Å². The van der Waals surface area contributed by atoms with Crippen molar-refractivity contribution < 1.29 is 23.1 Å². The van der Waals surface area contributed by atoms with Gasteiger partial charge in [-0.3, -0.25) is 15.1 Å². The SMILES string of the molecule is NNC(=O)c1ccoc1CN(CCO)CC(F)F. The van der Waals surface area contributed by atoms with Gasteiger partial charge in [0.2, 0.25) is 0 Å². The zero-order valence-corrected chi connectivity index (χ0v) is 9.60. The van der Waals surface area contributed by atoms with Gasteiger partial charge in [-0.05, 0) is 6.07 Å². The van der Waals surface area contributed by atoms with E-state index < -0.39 is 18.9 Å². The lowest BCUT2D eigenvalue weighted by atomic mass is 10.2. The van der Waals surface area contributed by atoms with Gasteiger partial charge >= 0.3 is 0 Å². The van der Waals surface area contributed by atoms with Crippen LogP contribution in [0.3, 0.4) is 0 Å². The van der Waals surface area contributed by atoms with E-state index in [0.29, 0.717) is 0 Å². The lowest BCUT2D eigenvalue weighted by Crippen LogP contribution is -2.33. The minimum Gasteiger partial charge on any atom is -0.467 e. The van der Waals surface area contributed by atoms with Crippen molar-refractivity contribution in [2.75, 3.05) is 19.7 Å². The molecule has 4 N–H and O–H groups in total. The Hall–Kier alpha value is -1.51. The summed E-state index contributed by atoms with van der Waals surface area (Å²) >= 11 is 0.